The summed E-state index contributed by atoms with van der Waals surface area (Å²) in [6.45, 7) is 0. The van der Waals surface area contributed by atoms with E-state index in [4.69, 9.17) is 9.90 Å². The van der Waals surface area contributed by atoms with Crippen molar-refractivity contribution in [3.05, 3.63) is 182 Å². The highest BCUT2D eigenvalue weighted by Crippen LogP contribution is 2.46. The molecule has 0 radical (unpaired) electrons. The molecule has 51 heavy (non-hydrogen) atoms. The minimum atomic E-state index is -0.428. The van der Waals surface area contributed by atoms with Crippen LogP contribution in [0.4, 0.5) is 0 Å². The zero-order valence-corrected chi connectivity index (χ0v) is 27.1. The van der Waals surface area contributed by atoms with Gasteiger partial charge in [0.25, 0.3) is 0 Å². The average molecular weight is 655 g/mol. The van der Waals surface area contributed by atoms with Gasteiger partial charge < -0.3 is 4.42 Å². The van der Waals surface area contributed by atoms with Crippen LogP contribution in [-0.4, -0.2) is 0 Å². The Balaban J connectivity index is 1.27. The van der Waals surface area contributed by atoms with E-state index in [1.807, 2.05) is 109 Å². The lowest BCUT2D eigenvalue weighted by atomic mass is 9.84. The van der Waals surface area contributed by atoms with Gasteiger partial charge in [0, 0.05) is 10.8 Å². The van der Waals surface area contributed by atoms with Crippen LogP contribution in [0.15, 0.2) is 186 Å². The Morgan fingerprint density at radius 2 is 0.882 bits per heavy atom. The zero-order valence-electron chi connectivity index (χ0n) is 35.1. The second kappa shape index (κ2) is 10.9. The van der Waals surface area contributed by atoms with E-state index in [1.165, 1.54) is 0 Å². The van der Waals surface area contributed by atoms with Crippen LogP contribution in [0.25, 0.3) is 109 Å². The summed E-state index contributed by atoms with van der Waals surface area (Å²) < 4.78 is 79.6. The molecule has 1 heterocycles. The SMILES string of the molecule is [2H]c1c([2H])c([2H])c2c(-c3cccc4ccccc34)c3c([2H])c([2H])c([2H])c([2H])c3c(-c3ccc4cccc(-c5ccc6oc7ccc8ccccc8c7c6c5)c4c3)c2c1[2H]. The third kappa shape index (κ3) is 4.22. The average Bonchev–Trinajstić information content (AvgIpc) is 3.66. The summed E-state index contributed by atoms with van der Waals surface area (Å²) in [6, 6.07) is 40.8. The van der Waals surface area contributed by atoms with Crippen molar-refractivity contribution < 1.29 is 15.4 Å². The third-order valence-electron chi connectivity index (χ3n) is 10.3. The first-order chi connectivity index (χ1) is 28.6. The van der Waals surface area contributed by atoms with Crippen LogP contribution in [0, 0.1) is 0 Å². The van der Waals surface area contributed by atoms with Crippen molar-refractivity contribution in [2.45, 2.75) is 0 Å². The summed E-state index contributed by atoms with van der Waals surface area (Å²) >= 11 is 0. The molecule has 0 saturated carbocycles. The fourth-order valence-corrected chi connectivity index (χ4v) is 8.02. The van der Waals surface area contributed by atoms with E-state index < -0.39 is 24.2 Å². The van der Waals surface area contributed by atoms with E-state index in [-0.39, 0.29) is 45.7 Å². The van der Waals surface area contributed by atoms with Gasteiger partial charge in [-0.1, -0.05) is 158 Å². The maximum atomic E-state index is 9.47. The van der Waals surface area contributed by atoms with E-state index in [9.17, 15) is 5.48 Å². The van der Waals surface area contributed by atoms with Crippen LogP contribution < -0.4 is 0 Å². The van der Waals surface area contributed by atoms with Crippen molar-refractivity contribution in [3.8, 4) is 33.4 Å². The lowest BCUT2D eigenvalue weighted by Crippen LogP contribution is -1.92. The fourth-order valence-electron chi connectivity index (χ4n) is 8.02. The lowest BCUT2D eigenvalue weighted by Gasteiger charge is -2.19. The van der Waals surface area contributed by atoms with Gasteiger partial charge in [-0.2, -0.15) is 0 Å². The lowest BCUT2D eigenvalue weighted by molar-refractivity contribution is 0.669. The Morgan fingerprint density at radius 1 is 0.353 bits per heavy atom. The Bertz CT molecular complexity index is 3580. The van der Waals surface area contributed by atoms with Gasteiger partial charge in [0.05, 0.1) is 11.0 Å². The summed E-state index contributed by atoms with van der Waals surface area (Å²) in [4.78, 5) is 0. The molecule has 11 rings (SSSR count). The summed E-state index contributed by atoms with van der Waals surface area (Å²) in [7, 11) is 0. The Kier molecular flexibility index (Phi) is 4.57. The van der Waals surface area contributed by atoms with Gasteiger partial charge in [0.2, 0.25) is 0 Å². The number of rotatable bonds is 3. The molecule has 0 amide bonds. The first-order valence-corrected chi connectivity index (χ1v) is 16.9. The van der Waals surface area contributed by atoms with Crippen LogP contribution in [0.2, 0.25) is 0 Å². The summed E-state index contributed by atoms with van der Waals surface area (Å²) in [5.41, 5.74) is 5.26. The molecule has 0 aliphatic heterocycles. The molecule has 0 spiro atoms. The van der Waals surface area contributed by atoms with Crippen LogP contribution in [0.3, 0.4) is 0 Å². The molecule has 0 bridgehead atoms. The predicted molar refractivity (Wildman–Crippen MR) is 218 cm³/mol. The summed E-state index contributed by atoms with van der Waals surface area (Å²) in [6.07, 6.45) is 0. The molecular weight excluding hydrogens is 617 g/mol. The maximum absolute atomic E-state index is 9.47. The van der Waals surface area contributed by atoms with E-state index >= 15 is 0 Å². The molecule has 10 aromatic carbocycles. The van der Waals surface area contributed by atoms with Crippen LogP contribution in [-0.2, 0) is 0 Å². The Morgan fingerprint density at radius 3 is 1.63 bits per heavy atom. The molecule has 0 aliphatic carbocycles. The second-order valence-corrected chi connectivity index (χ2v) is 13.0. The highest BCUT2D eigenvalue weighted by molar-refractivity contribution is 6.24. The van der Waals surface area contributed by atoms with Crippen LogP contribution in [0.1, 0.15) is 11.0 Å². The normalized spacial score (nSPS) is 14.1. The van der Waals surface area contributed by atoms with E-state index in [0.29, 0.717) is 22.3 Å². The number of furan rings is 1. The maximum Gasteiger partial charge on any atom is 0.136 e. The highest BCUT2D eigenvalue weighted by atomic mass is 16.3. The number of hydrogen-bond donors (Lipinski definition) is 0. The van der Waals surface area contributed by atoms with Crippen molar-refractivity contribution in [1.82, 2.24) is 0 Å². The van der Waals surface area contributed by atoms with Crippen LogP contribution in [0.5, 0.6) is 0 Å². The molecule has 1 heteroatoms. The fraction of sp³-hybridized carbons (Fsp3) is 0. The number of fused-ring (bicyclic) bond motifs is 9. The monoisotopic (exact) mass is 654 g/mol. The van der Waals surface area contributed by atoms with Gasteiger partial charge in [-0.25, -0.2) is 0 Å². The highest BCUT2D eigenvalue weighted by Gasteiger charge is 2.19. The minimum absolute atomic E-state index is 0.187. The Hall–Kier alpha value is -6.70. The molecule has 1 nitrogen and oxygen atoms in total. The number of hydrogen-bond acceptors (Lipinski definition) is 1. The van der Waals surface area contributed by atoms with Crippen molar-refractivity contribution in [1.29, 1.82) is 0 Å². The van der Waals surface area contributed by atoms with Gasteiger partial charge in [0.1, 0.15) is 11.2 Å². The van der Waals surface area contributed by atoms with Crippen molar-refractivity contribution in [2.24, 2.45) is 0 Å². The van der Waals surface area contributed by atoms with Gasteiger partial charge in [0.15, 0.2) is 0 Å². The topological polar surface area (TPSA) is 13.1 Å². The second-order valence-electron chi connectivity index (χ2n) is 13.0. The first kappa shape index (κ1) is 21.4. The molecule has 0 saturated heterocycles. The van der Waals surface area contributed by atoms with Crippen LogP contribution >= 0.6 is 0 Å². The largest absolute Gasteiger partial charge is 0.456 e. The van der Waals surface area contributed by atoms with Gasteiger partial charge in [-0.05, 0) is 112 Å². The Labute approximate surface area is 305 Å². The van der Waals surface area contributed by atoms with Crippen molar-refractivity contribution in [2.75, 3.05) is 0 Å². The van der Waals surface area contributed by atoms with Gasteiger partial charge >= 0.3 is 0 Å². The summed E-state index contributed by atoms with van der Waals surface area (Å²) in [5.74, 6) is 0. The molecule has 0 N–H and O–H groups in total. The van der Waals surface area contributed by atoms with Gasteiger partial charge in [-0.15, -0.1) is 0 Å². The molecule has 1 aromatic heterocycles. The predicted octanol–water partition coefficient (Wildman–Crippen LogP) is 14.4. The molecule has 0 atom stereocenters. The third-order valence-corrected chi connectivity index (χ3v) is 10.3. The number of benzene rings is 10. The van der Waals surface area contributed by atoms with Crippen molar-refractivity contribution in [3.63, 3.8) is 0 Å². The zero-order chi connectivity index (χ0) is 40.4. The first-order valence-electron chi connectivity index (χ1n) is 20.9. The molecule has 0 fully saturated rings. The molecule has 236 valence electrons. The molecule has 0 unspecified atom stereocenters. The standard InChI is InChI=1S/C50H30O/c1-3-15-36-31(11-1)13-10-22-39(36)49-42-19-7-5-17-40(42)48(41-18-6-8-20-43(41)49)35-24-23-33-14-9-21-37(44(33)30-35)34-26-27-46-45(29-34)50-38-16-4-2-12-32(38)25-28-47(50)51-46/h1-30H/i5D,6D,7D,8D,17D,18D,19D,20D. The molecule has 0 aliphatic rings. The van der Waals surface area contributed by atoms with E-state index in [0.717, 1.165) is 65.4 Å². The van der Waals surface area contributed by atoms with Crippen molar-refractivity contribution >= 4 is 75.8 Å². The quantitative estimate of drug-likeness (QED) is 0.173. The van der Waals surface area contributed by atoms with E-state index in [2.05, 4.69) is 24.3 Å². The summed E-state index contributed by atoms with van der Waals surface area (Å²) in [5, 5.41) is 8.45. The minimum Gasteiger partial charge on any atom is -0.456 e. The molecule has 11 aromatic rings. The van der Waals surface area contributed by atoms with Gasteiger partial charge in [-0.3, -0.25) is 0 Å². The van der Waals surface area contributed by atoms with E-state index in [1.54, 1.807) is 0 Å². The smallest absolute Gasteiger partial charge is 0.136 e. The molecular formula is C50H30O.